The van der Waals surface area contributed by atoms with Gasteiger partial charge in [0.25, 0.3) is 0 Å². The zero-order valence-corrected chi connectivity index (χ0v) is 18.4. The van der Waals surface area contributed by atoms with Crippen molar-refractivity contribution in [3.8, 4) is 0 Å². The maximum atomic E-state index is 14.1. The van der Waals surface area contributed by atoms with Gasteiger partial charge in [-0.3, -0.25) is 9.59 Å². The highest BCUT2D eigenvalue weighted by Gasteiger charge is 2.61. The lowest BCUT2D eigenvalue weighted by molar-refractivity contribution is -0.122. The second-order valence-corrected chi connectivity index (χ2v) is 9.46. The molecule has 0 radical (unpaired) electrons. The summed E-state index contributed by atoms with van der Waals surface area (Å²) in [6.45, 7) is 2.16. The van der Waals surface area contributed by atoms with Crippen LogP contribution in [0.3, 0.4) is 0 Å². The summed E-state index contributed by atoms with van der Waals surface area (Å²) in [6, 6.07) is 28.9. The van der Waals surface area contributed by atoms with Gasteiger partial charge < -0.3 is 0 Å². The van der Waals surface area contributed by atoms with Crippen LogP contribution in [0.5, 0.6) is 0 Å². The van der Waals surface area contributed by atoms with Crippen LogP contribution in [-0.4, -0.2) is 11.8 Å². The van der Waals surface area contributed by atoms with E-state index in [0.717, 1.165) is 17.2 Å². The summed E-state index contributed by atoms with van der Waals surface area (Å²) in [4.78, 5) is 29.6. The smallest absolute Gasteiger partial charge is 0.238 e. The first-order chi connectivity index (χ1) is 16.2. The average molecular weight is 430 g/mol. The van der Waals surface area contributed by atoms with Gasteiger partial charge in [0.2, 0.25) is 11.8 Å². The molecular weight excluding hydrogens is 406 g/mol. The number of imide groups is 1. The highest BCUT2D eigenvalue weighted by Crippen LogP contribution is 2.61. The van der Waals surface area contributed by atoms with Crippen LogP contribution in [0.25, 0.3) is 10.8 Å². The molecule has 0 spiro atoms. The van der Waals surface area contributed by atoms with Crippen molar-refractivity contribution < 1.29 is 9.59 Å². The number of nitrogens with zero attached hydrogens (tertiary/aromatic N) is 1. The molecule has 4 aliphatic rings. The third kappa shape index (κ3) is 2.34. The van der Waals surface area contributed by atoms with Crippen LogP contribution in [0.1, 0.15) is 46.6 Å². The van der Waals surface area contributed by atoms with E-state index >= 15 is 0 Å². The molecule has 1 heterocycles. The summed E-state index contributed by atoms with van der Waals surface area (Å²) >= 11 is 0. The molecule has 0 aromatic heterocycles. The van der Waals surface area contributed by atoms with E-state index in [9.17, 15) is 9.59 Å². The van der Waals surface area contributed by atoms with Gasteiger partial charge in [-0.25, -0.2) is 4.90 Å². The van der Waals surface area contributed by atoms with Crippen molar-refractivity contribution in [2.75, 3.05) is 4.90 Å². The van der Waals surface area contributed by atoms with Crippen LogP contribution >= 0.6 is 0 Å². The minimum Gasteiger partial charge on any atom is -0.274 e. The van der Waals surface area contributed by atoms with Crippen molar-refractivity contribution in [3.05, 3.63) is 113 Å². The standard InChI is InChI=1S/C30H23NO2/c1-2-17-14-15-22-23(16-17)26-21-12-6-5-11-20(21)25(22)27-28(26)30(33)31(29(27)32)24-13-7-9-18-8-3-4-10-19(18)24/h3-16,25-28H,2H2,1H3/t25-,26-,27+,28-/m1/s1. The maximum absolute atomic E-state index is 14.1. The average Bonchev–Trinajstić information content (AvgIpc) is 3.13. The van der Waals surface area contributed by atoms with Gasteiger partial charge in [-0.1, -0.05) is 85.8 Å². The quantitative estimate of drug-likeness (QED) is 0.378. The first kappa shape index (κ1) is 18.8. The predicted octanol–water partition coefficient (Wildman–Crippen LogP) is 5.80. The van der Waals surface area contributed by atoms with Crippen molar-refractivity contribution in [1.29, 1.82) is 0 Å². The lowest BCUT2D eigenvalue weighted by atomic mass is 9.55. The molecule has 33 heavy (non-hydrogen) atoms. The van der Waals surface area contributed by atoms with E-state index in [4.69, 9.17) is 0 Å². The van der Waals surface area contributed by atoms with Crippen LogP contribution in [-0.2, 0) is 16.0 Å². The van der Waals surface area contributed by atoms with E-state index in [0.29, 0.717) is 5.69 Å². The number of hydrogen-bond acceptors (Lipinski definition) is 2. The molecule has 1 fully saturated rings. The highest BCUT2D eigenvalue weighted by molar-refractivity contribution is 6.26. The summed E-state index contributed by atoms with van der Waals surface area (Å²) in [7, 11) is 0. The van der Waals surface area contributed by atoms with E-state index in [2.05, 4.69) is 49.4 Å². The molecule has 0 unspecified atom stereocenters. The van der Waals surface area contributed by atoms with Crippen molar-refractivity contribution >= 4 is 28.3 Å². The number of aryl methyl sites for hydroxylation is 1. The maximum Gasteiger partial charge on any atom is 0.238 e. The SMILES string of the molecule is CCc1ccc2c(c1)[C@H]1c3ccccc3[C@H]2[C@@H]2C(=O)N(c3cccc4ccccc34)C(=O)[C@H]12. The normalized spacial score (nSPS) is 24.7. The molecule has 2 bridgehead atoms. The van der Waals surface area contributed by atoms with Crippen molar-refractivity contribution in [2.24, 2.45) is 11.8 Å². The van der Waals surface area contributed by atoms with Crippen LogP contribution in [0.15, 0.2) is 84.9 Å². The summed E-state index contributed by atoms with van der Waals surface area (Å²) in [5.41, 5.74) is 6.86. The van der Waals surface area contributed by atoms with Crippen LogP contribution in [0.4, 0.5) is 5.69 Å². The zero-order chi connectivity index (χ0) is 22.3. The van der Waals surface area contributed by atoms with Crippen LogP contribution in [0, 0.1) is 11.8 Å². The molecule has 4 aromatic rings. The van der Waals surface area contributed by atoms with Crippen molar-refractivity contribution in [3.63, 3.8) is 0 Å². The van der Waals surface area contributed by atoms with Gasteiger partial charge in [-0.2, -0.15) is 0 Å². The fourth-order valence-corrected chi connectivity index (χ4v) is 6.64. The second kappa shape index (κ2) is 6.64. The monoisotopic (exact) mass is 429 g/mol. The van der Waals surface area contributed by atoms with Gasteiger partial charge in [0.15, 0.2) is 0 Å². The van der Waals surface area contributed by atoms with E-state index in [1.807, 2.05) is 42.5 Å². The molecular formula is C30H23NO2. The largest absolute Gasteiger partial charge is 0.274 e. The van der Waals surface area contributed by atoms with E-state index in [1.165, 1.54) is 32.7 Å². The van der Waals surface area contributed by atoms with Gasteiger partial charge in [-0.05, 0) is 45.7 Å². The Hall–Kier alpha value is -3.72. The van der Waals surface area contributed by atoms with Gasteiger partial charge in [0.05, 0.1) is 17.5 Å². The molecule has 4 atom stereocenters. The van der Waals surface area contributed by atoms with Crippen LogP contribution in [0.2, 0.25) is 0 Å². The van der Waals surface area contributed by atoms with E-state index < -0.39 is 0 Å². The number of hydrogen-bond donors (Lipinski definition) is 0. The molecule has 8 rings (SSSR count). The number of anilines is 1. The summed E-state index contributed by atoms with van der Waals surface area (Å²) in [6.07, 6.45) is 0.954. The van der Waals surface area contributed by atoms with Gasteiger partial charge in [-0.15, -0.1) is 0 Å². The summed E-state index contributed by atoms with van der Waals surface area (Å²) in [5.74, 6) is -0.968. The Morgan fingerprint density at radius 3 is 2.00 bits per heavy atom. The fraction of sp³-hybridized carbons (Fsp3) is 0.200. The van der Waals surface area contributed by atoms with Gasteiger partial charge >= 0.3 is 0 Å². The first-order valence-corrected chi connectivity index (χ1v) is 11.8. The minimum absolute atomic E-state index is 0.0570. The summed E-state index contributed by atoms with van der Waals surface area (Å²) in [5, 5.41) is 1.98. The Balaban J connectivity index is 1.46. The Morgan fingerprint density at radius 1 is 0.667 bits per heavy atom. The number of rotatable bonds is 2. The van der Waals surface area contributed by atoms with E-state index in [1.54, 1.807) is 0 Å². The van der Waals surface area contributed by atoms with Crippen LogP contribution < -0.4 is 4.90 Å². The molecule has 3 heteroatoms. The van der Waals surface area contributed by atoms with Gasteiger partial charge in [0.1, 0.15) is 0 Å². The van der Waals surface area contributed by atoms with Crippen molar-refractivity contribution in [1.82, 2.24) is 0 Å². The number of benzene rings is 4. The molecule has 3 nitrogen and oxygen atoms in total. The molecule has 2 amide bonds. The third-order valence-corrected chi connectivity index (χ3v) is 8.02. The van der Waals surface area contributed by atoms with Crippen molar-refractivity contribution in [2.45, 2.75) is 25.2 Å². The molecule has 4 aromatic carbocycles. The fourth-order valence-electron chi connectivity index (χ4n) is 6.64. The Morgan fingerprint density at radius 2 is 1.27 bits per heavy atom. The molecule has 160 valence electrons. The molecule has 3 aliphatic carbocycles. The molecule has 1 saturated heterocycles. The number of fused-ring (bicyclic) bond motifs is 1. The zero-order valence-electron chi connectivity index (χ0n) is 18.4. The predicted molar refractivity (Wildman–Crippen MR) is 129 cm³/mol. The molecule has 0 saturated carbocycles. The second-order valence-electron chi connectivity index (χ2n) is 9.46. The Bertz CT molecular complexity index is 1480. The first-order valence-electron chi connectivity index (χ1n) is 11.8. The molecule has 0 N–H and O–H groups in total. The number of amides is 2. The topological polar surface area (TPSA) is 37.4 Å². The highest BCUT2D eigenvalue weighted by atomic mass is 16.2. The number of carbonyl (C=O) groups is 2. The Kier molecular flexibility index (Phi) is 3.79. The number of carbonyl (C=O) groups excluding carboxylic acids is 2. The summed E-state index contributed by atoms with van der Waals surface area (Å²) < 4.78 is 0. The lowest BCUT2D eigenvalue weighted by Crippen LogP contribution is -2.41. The third-order valence-electron chi connectivity index (χ3n) is 8.02. The van der Waals surface area contributed by atoms with Gasteiger partial charge in [0, 0.05) is 17.2 Å². The Labute approximate surface area is 192 Å². The molecule has 1 aliphatic heterocycles. The lowest BCUT2D eigenvalue weighted by Gasteiger charge is -2.46. The minimum atomic E-state index is -0.351. The van der Waals surface area contributed by atoms with E-state index in [-0.39, 0.29) is 35.5 Å².